The molecule has 0 fully saturated rings. The Labute approximate surface area is 118 Å². The minimum Gasteiger partial charge on any atom is -0.488 e. The van der Waals surface area contributed by atoms with Gasteiger partial charge in [-0.3, -0.25) is 0 Å². The fraction of sp³-hybridized carbons (Fsp3) is 0.111. The average Bonchev–Trinajstić information content (AvgIpc) is 2.53. The molecule has 2 heteroatoms. The molecular weight excluding hydrogens is 248 g/mol. The highest BCUT2D eigenvalue weighted by atomic mass is 16.5. The van der Waals surface area contributed by atoms with Gasteiger partial charge in [0.25, 0.3) is 0 Å². The second-order valence-corrected chi connectivity index (χ2v) is 4.70. The van der Waals surface area contributed by atoms with Crippen LogP contribution >= 0.6 is 0 Å². The summed E-state index contributed by atoms with van der Waals surface area (Å²) in [5, 5.41) is 11.5. The summed E-state index contributed by atoms with van der Waals surface area (Å²) in [5.41, 5.74) is 2.07. The van der Waals surface area contributed by atoms with Gasteiger partial charge in [-0.15, -0.1) is 0 Å². The van der Waals surface area contributed by atoms with Gasteiger partial charge in [0.05, 0.1) is 6.61 Å². The van der Waals surface area contributed by atoms with E-state index in [0.717, 1.165) is 27.6 Å². The van der Waals surface area contributed by atoms with Gasteiger partial charge in [-0.25, -0.2) is 0 Å². The van der Waals surface area contributed by atoms with Crippen LogP contribution in [0.1, 0.15) is 11.1 Å². The van der Waals surface area contributed by atoms with Gasteiger partial charge in [-0.2, -0.15) is 0 Å². The molecule has 0 atom stereocenters. The van der Waals surface area contributed by atoms with Crippen molar-refractivity contribution in [3.63, 3.8) is 0 Å². The van der Waals surface area contributed by atoms with Crippen molar-refractivity contribution in [3.05, 3.63) is 77.9 Å². The number of rotatable bonds is 4. The molecule has 0 aliphatic carbocycles. The Bertz CT molecular complexity index is 705. The Morgan fingerprint density at radius 1 is 0.750 bits per heavy atom. The van der Waals surface area contributed by atoms with Crippen molar-refractivity contribution >= 4 is 10.8 Å². The molecule has 3 aromatic rings. The van der Waals surface area contributed by atoms with Crippen molar-refractivity contribution in [3.8, 4) is 5.75 Å². The van der Waals surface area contributed by atoms with Crippen LogP contribution in [0.25, 0.3) is 10.8 Å². The molecule has 0 aliphatic heterocycles. The molecular formula is C18H16O2. The summed E-state index contributed by atoms with van der Waals surface area (Å²) in [6.07, 6.45) is 0. The van der Waals surface area contributed by atoms with Crippen LogP contribution in [0.15, 0.2) is 66.7 Å². The van der Waals surface area contributed by atoms with E-state index in [0.29, 0.717) is 6.61 Å². The maximum Gasteiger partial charge on any atom is 0.127 e. The van der Waals surface area contributed by atoms with Crippen molar-refractivity contribution in [2.75, 3.05) is 0 Å². The van der Waals surface area contributed by atoms with Crippen LogP contribution in [0.2, 0.25) is 0 Å². The molecule has 0 saturated carbocycles. The lowest BCUT2D eigenvalue weighted by molar-refractivity contribution is 0.282. The molecule has 0 bridgehead atoms. The van der Waals surface area contributed by atoms with Crippen LogP contribution in [0.3, 0.4) is 0 Å². The van der Waals surface area contributed by atoms with E-state index < -0.39 is 0 Å². The first-order valence-electron chi connectivity index (χ1n) is 6.66. The highest BCUT2D eigenvalue weighted by molar-refractivity contribution is 5.91. The Morgan fingerprint density at radius 3 is 2.20 bits per heavy atom. The monoisotopic (exact) mass is 264 g/mol. The van der Waals surface area contributed by atoms with Gasteiger partial charge in [-0.1, -0.05) is 60.7 Å². The summed E-state index contributed by atoms with van der Waals surface area (Å²) < 4.78 is 5.92. The van der Waals surface area contributed by atoms with E-state index in [-0.39, 0.29) is 6.61 Å². The van der Waals surface area contributed by atoms with Crippen molar-refractivity contribution in [1.29, 1.82) is 0 Å². The number of ether oxygens (including phenoxy) is 1. The molecule has 1 N–H and O–H groups in total. The lowest BCUT2D eigenvalue weighted by Crippen LogP contribution is -1.97. The molecule has 0 aromatic heterocycles. The first kappa shape index (κ1) is 12.7. The molecule has 0 spiro atoms. The SMILES string of the molecule is OCc1ccc(OCc2ccccc2)c2ccccc12. The molecule has 20 heavy (non-hydrogen) atoms. The Balaban J connectivity index is 1.92. The zero-order valence-electron chi connectivity index (χ0n) is 11.1. The third-order valence-corrected chi connectivity index (χ3v) is 3.38. The molecule has 3 rings (SSSR count). The summed E-state index contributed by atoms with van der Waals surface area (Å²) in [6.45, 7) is 0.586. The fourth-order valence-corrected chi connectivity index (χ4v) is 2.33. The lowest BCUT2D eigenvalue weighted by atomic mass is 10.0. The molecule has 0 aliphatic rings. The quantitative estimate of drug-likeness (QED) is 0.774. The van der Waals surface area contributed by atoms with Gasteiger partial charge >= 0.3 is 0 Å². The summed E-state index contributed by atoms with van der Waals surface area (Å²) >= 11 is 0. The third kappa shape index (κ3) is 2.51. The molecule has 0 heterocycles. The van der Waals surface area contributed by atoms with E-state index in [1.807, 2.05) is 66.7 Å². The summed E-state index contributed by atoms with van der Waals surface area (Å²) in [4.78, 5) is 0. The van der Waals surface area contributed by atoms with Crippen LogP contribution in [0.5, 0.6) is 5.75 Å². The number of aliphatic hydroxyl groups is 1. The predicted molar refractivity (Wildman–Crippen MR) is 80.6 cm³/mol. The summed E-state index contributed by atoms with van der Waals surface area (Å²) in [7, 11) is 0. The molecule has 100 valence electrons. The first-order chi connectivity index (χ1) is 9.88. The van der Waals surface area contributed by atoms with Gasteiger partial charge in [-0.05, 0) is 22.6 Å². The van der Waals surface area contributed by atoms with E-state index in [1.165, 1.54) is 0 Å². The Hall–Kier alpha value is -2.32. The number of hydrogen-bond donors (Lipinski definition) is 1. The van der Waals surface area contributed by atoms with Crippen LogP contribution < -0.4 is 4.74 Å². The smallest absolute Gasteiger partial charge is 0.127 e. The molecule has 0 radical (unpaired) electrons. The highest BCUT2D eigenvalue weighted by Gasteiger charge is 2.06. The highest BCUT2D eigenvalue weighted by Crippen LogP contribution is 2.29. The van der Waals surface area contributed by atoms with E-state index in [9.17, 15) is 5.11 Å². The van der Waals surface area contributed by atoms with Crippen LogP contribution in [-0.2, 0) is 13.2 Å². The van der Waals surface area contributed by atoms with Gasteiger partial charge in [0, 0.05) is 5.39 Å². The minimum absolute atomic E-state index is 0.0411. The Morgan fingerprint density at radius 2 is 1.45 bits per heavy atom. The minimum atomic E-state index is 0.0411. The van der Waals surface area contributed by atoms with Crippen LogP contribution in [0, 0.1) is 0 Å². The van der Waals surface area contributed by atoms with E-state index >= 15 is 0 Å². The van der Waals surface area contributed by atoms with E-state index in [4.69, 9.17) is 4.74 Å². The molecule has 2 nitrogen and oxygen atoms in total. The van der Waals surface area contributed by atoms with Crippen molar-refractivity contribution in [1.82, 2.24) is 0 Å². The van der Waals surface area contributed by atoms with Gasteiger partial charge < -0.3 is 9.84 Å². The summed E-state index contributed by atoms with van der Waals surface area (Å²) in [5.74, 6) is 0.849. The molecule has 3 aromatic carbocycles. The largest absolute Gasteiger partial charge is 0.488 e. The number of fused-ring (bicyclic) bond motifs is 1. The number of benzene rings is 3. The topological polar surface area (TPSA) is 29.5 Å². The zero-order valence-corrected chi connectivity index (χ0v) is 11.1. The average molecular weight is 264 g/mol. The zero-order chi connectivity index (χ0) is 13.8. The van der Waals surface area contributed by atoms with Crippen molar-refractivity contribution < 1.29 is 9.84 Å². The predicted octanol–water partition coefficient (Wildman–Crippen LogP) is 3.91. The number of aliphatic hydroxyl groups excluding tert-OH is 1. The van der Waals surface area contributed by atoms with Crippen LogP contribution in [-0.4, -0.2) is 5.11 Å². The second kappa shape index (κ2) is 5.76. The summed E-state index contributed by atoms with van der Waals surface area (Å²) in [6, 6.07) is 21.9. The second-order valence-electron chi connectivity index (χ2n) is 4.70. The van der Waals surface area contributed by atoms with Gasteiger partial charge in [0.2, 0.25) is 0 Å². The third-order valence-electron chi connectivity index (χ3n) is 3.38. The van der Waals surface area contributed by atoms with E-state index in [2.05, 4.69) is 0 Å². The van der Waals surface area contributed by atoms with Gasteiger partial charge in [0.15, 0.2) is 0 Å². The maximum absolute atomic E-state index is 9.39. The van der Waals surface area contributed by atoms with E-state index in [1.54, 1.807) is 0 Å². The molecule has 0 amide bonds. The van der Waals surface area contributed by atoms with Crippen LogP contribution in [0.4, 0.5) is 0 Å². The normalized spacial score (nSPS) is 10.7. The molecule has 0 unspecified atom stereocenters. The standard InChI is InChI=1S/C18H16O2/c19-12-15-10-11-18(17-9-5-4-8-16(15)17)20-13-14-6-2-1-3-7-14/h1-11,19H,12-13H2. The Kier molecular flexibility index (Phi) is 3.66. The number of hydrogen-bond acceptors (Lipinski definition) is 2. The first-order valence-corrected chi connectivity index (χ1v) is 6.66. The fourth-order valence-electron chi connectivity index (χ4n) is 2.33. The van der Waals surface area contributed by atoms with Crippen molar-refractivity contribution in [2.45, 2.75) is 13.2 Å². The maximum atomic E-state index is 9.39. The lowest BCUT2D eigenvalue weighted by Gasteiger charge is -2.11. The van der Waals surface area contributed by atoms with Gasteiger partial charge in [0.1, 0.15) is 12.4 Å². The van der Waals surface area contributed by atoms with Crippen molar-refractivity contribution in [2.24, 2.45) is 0 Å². The molecule has 0 saturated heterocycles.